The van der Waals surface area contributed by atoms with Crippen LogP contribution in [0.15, 0.2) is 22.7 Å². The average molecular weight is 340 g/mol. The first-order valence-electron chi connectivity index (χ1n) is 5.24. The molecule has 1 atom stereocenters. The summed E-state index contributed by atoms with van der Waals surface area (Å²) in [5, 5.41) is 5.53. The molecular formula is C11H13BrClFN2O2. The summed E-state index contributed by atoms with van der Waals surface area (Å²) in [5.41, 5.74) is 0.172. The third-order valence-corrected chi connectivity index (χ3v) is 2.92. The van der Waals surface area contributed by atoms with E-state index in [2.05, 4.69) is 26.6 Å². The lowest BCUT2D eigenvalue weighted by atomic mass is 10.2. The highest BCUT2D eigenvalue weighted by molar-refractivity contribution is 9.10. The van der Waals surface area contributed by atoms with Gasteiger partial charge in [0.15, 0.2) is 0 Å². The summed E-state index contributed by atoms with van der Waals surface area (Å²) in [5.74, 6) is -0.754. The maximum absolute atomic E-state index is 13.5. The molecule has 7 heteroatoms. The van der Waals surface area contributed by atoms with Crippen molar-refractivity contribution in [1.82, 2.24) is 5.32 Å². The van der Waals surface area contributed by atoms with Gasteiger partial charge in [-0.3, -0.25) is 4.79 Å². The van der Waals surface area contributed by atoms with Gasteiger partial charge in [0.25, 0.3) is 0 Å². The summed E-state index contributed by atoms with van der Waals surface area (Å²) in [6.45, 7) is 1.53. The first kappa shape index (κ1) is 15.4. The van der Waals surface area contributed by atoms with E-state index >= 15 is 0 Å². The monoisotopic (exact) mass is 338 g/mol. The number of carbonyl (C=O) groups is 1. The van der Waals surface area contributed by atoms with Gasteiger partial charge in [-0.05, 0) is 18.2 Å². The molecule has 1 heterocycles. The summed E-state index contributed by atoms with van der Waals surface area (Å²) in [7, 11) is 0. The Bertz CT molecular complexity index is 428. The van der Waals surface area contributed by atoms with Crippen LogP contribution < -0.4 is 10.6 Å². The summed E-state index contributed by atoms with van der Waals surface area (Å²) >= 11 is 3.15. The molecule has 0 aliphatic carbocycles. The minimum atomic E-state index is -0.468. The van der Waals surface area contributed by atoms with Crippen LogP contribution in [0.4, 0.5) is 10.1 Å². The van der Waals surface area contributed by atoms with Crippen LogP contribution in [0, 0.1) is 5.82 Å². The Morgan fingerprint density at radius 1 is 1.56 bits per heavy atom. The molecule has 100 valence electrons. The Hall–Kier alpha value is -0.690. The number of anilines is 1. The van der Waals surface area contributed by atoms with Gasteiger partial charge < -0.3 is 15.4 Å². The second kappa shape index (κ2) is 7.04. The quantitative estimate of drug-likeness (QED) is 0.866. The molecule has 1 aromatic carbocycles. The lowest BCUT2D eigenvalue weighted by Gasteiger charge is -2.22. The maximum Gasteiger partial charge on any atom is 0.243 e. The van der Waals surface area contributed by atoms with Crippen LogP contribution in [-0.2, 0) is 9.53 Å². The predicted molar refractivity (Wildman–Crippen MR) is 72.6 cm³/mol. The van der Waals surface area contributed by atoms with Gasteiger partial charge in [-0.2, -0.15) is 0 Å². The highest BCUT2D eigenvalue weighted by atomic mass is 79.9. The Morgan fingerprint density at radius 3 is 2.94 bits per heavy atom. The molecule has 0 spiro atoms. The fraction of sp³-hybridized carbons (Fsp3) is 0.364. The van der Waals surface area contributed by atoms with Gasteiger partial charge in [-0.1, -0.05) is 15.9 Å². The predicted octanol–water partition coefficient (Wildman–Crippen LogP) is 1.94. The summed E-state index contributed by atoms with van der Waals surface area (Å²) < 4.78 is 19.3. The van der Waals surface area contributed by atoms with Gasteiger partial charge in [0.05, 0.1) is 18.9 Å². The highest BCUT2D eigenvalue weighted by Gasteiger charge is 2.21. The van der Waals surface area contributed by atoms with Crippen LogP contribution in [0.3, 0.4) is 0 Å². The number of ether oxygens (including phenoxy) is 1. The van der Waals surface area contributed by atoms with E-state index < -0.39 is 11.9 Å². The van der Waals surface area contributed by atoms with E-state index in [1.54, 1.807) is 6.07 Å². The molecule has 0 saturated carbocycles. The molecule has 2 N–H and O–H groups in total. The molecular weight excluding hydrogens is 326 g/mol. The van der Waals surface area contributed by atoms with Crippen molar-refractivity contribution in [3.63, 3.8) is 0 Å². The van der Waals surface area contributed by atoms with Crippen LogP contribution in [0.1, 0.15) is 0 Å². The van der Waals surface area contributed by atoms with E-state index in [-0.39, 0.29) is 24.0 Å². The average Bonchev–Trinajstić information content (AvgIpc) is 2.34. The molecule has 1 amide bonds. The molecule has 18 heavy (non-hydrogen) atoms. The minimum absolute atomic E-state index is 0. The van der Waals surface area contributed by atoms with Gasteiger partial charge in [0, 0.05) is 11.0 Å². The molecule has 1 fully saturated rings. The highest BCUT2D eigenvalue weighted by Crippen LogP contribution is 2.19. The fourth-order valence-corrected chi connectivity index (χ4v) is 1.88. The molecule has 0 radical (unpaired) electrons. The minimum Gasteiger partial charge on any atom is -0.378 e. The normalized spacial score (nSPS) is 18.9. The number of hydrogen-bond acceptors (Lipinski definition) is 3. The number of halogens is 3. The van der Waals surface area contributed by atoms with Crippen molar-refractivity contribution in [2.75, 3.05) is 25.1 Å². The van der Waals surface area contributed by atoms with E-state index in [9.17, 15) is 9.18 Å². The second-order valence-electron chi connectivity index (χ2n) is 3.70. The van der Waals surface area contributed by atoms with Crippen molar-refractivity contribution in [2.45, 2.75) is 6.04 Å². The smallest absolute Gasteiger partial charge is 0.243 e. The molecule has 1 aliphatic rings. The lowest BCUT2D eigenvalue weighted by Crippen LogP contribution is -2.48. The van der Waals surface area contributed by atoms with Crippen LogP contribution in [0.2, 0.25) is 0 Å². The molecule has 4 nitrogen and oxygen atoms in total. The van der Waals surface area contributed by atoms with Gasteiger partial charge in [0.2, 0.25) is 5.91 Å². The van der Waals surface area contributed by atoms with Crippen LogP contribution in [-0.4, -0.2) is 31.7 Å². The number of hydrogen-bond donors (Lipinski definition) is 2. The van der Waals surface area contributed by atoms with Crippen molar-refractivity contribution in [3.8, 4) is 0 Å². The van der Waals surface area contributed by atoms with Crippen LogP contribution >= 0.6 is 28.3 Å². The third kappa shape index (κ3) is 3.91. The van der Waals surface area contributed by atoms with E-state index in [0.29, 0.717) is 24.2 Å². The van der Waals surface area contributed by atoms with E-state index in [0.717, 1.165) is 0 Å². The Morgan fingerprint density at radius 2 is 2.33 bits per heavy atom. The summed E-state index contributed by atoms with van der Waals surface area (Å²) in [4.78, 5) is 11.8. The van der Waals surface area contributed by atoms with Crippen molar-refractivity contribution in [3.05, 3.63) is 28.5 Å². The van der Waals surface area contributed by atoms with E-state index in [4.69, 9.17) is 4.74 Å². The topological polar surface area (TPSA) is 50.4 Å². The standard InChI is InChI=1S/C11H12BrFN2O2.ClH/c12-7-1-2-9(8(13)5-7)15-11(16)10-6-17-4-3-14-10;/h1-2,5,10,14H,3-4,6H2,(H,15,16);1H. The number of morpholine rings is 1. The summed E-state index contributed by atoms with van der Waals surface area (Å²) in [6.07, 6.45) is 0. The zero-order chi connectivity index (χ0) is 12.3. The largest absolute Gasteiger partial charge is 0.378 e. The Labute approximate surface area is 119 Å². The first-order valence-corrected chi connectivity index (χ1v) is 6.03. The number of nitrogens with one attached hydrogen (secondary N) is 2. The lowest BCUT2D eigenvalue weighted by molar-refractivity contribution is -0.120. The first-order chi connectivity index (χ1) is 8.16. The molecule has 0 aromatic heterocycles. The SMILES string of the molecule is Cl.O=C(Nc1ccc(Br)cc1F)C1COCCN1. The Balaban J connectivity index is 0.00000162. The number of amides is 1. The maximum atomic E-state index is 13.5. The Kier molecular flexibility index (Phi) is 6.01. The van der Waals surface area contributed by atoms with Crippen molar-refractivity contribution >= 4 is 39.9 Å². The van der Waals surface area contributed by atoms with Crippen molar-refractivity contribution in [1.29, 1.82) is 0 Å². The second-order valence-corrected chi connectivity index (χ2v) is 4.61. The molecule has 1 saturated heterocycles. The molecule has 1 unspecified atom stereocenters. The zero-order valence-electron chi connectivity index (χ0n) is 9.41. The van der Waals surface area contributed by atoms with E-state index in [1.807, 2.05) is 0 Å². The van der Waals surface area contributed by atoms with Gasteiger partial charge >= 0.3 is 0 Å². The van der Waals surface area contributed by atoms with E-state index in [1.165, 1.54) is 12.1 Å². The molecule has 2 rings (SSSR count). The van der Waals surface area contributed by atoms with Gasteiger partial charge in [-0.25, -0.2) is 4.39 Å². The van der Waals surface area contributed by atoms with Crippen molar-refractivity contribution in [2.24, 2.45) is 0 Å². The van der Waals surface area contributed by atoms with Gasteiger partial charge in [0.1, 0.15) is 11.9 Å². The molecule has 0 bridgehead atoms. The molecule has 1 aliphatic heterocycles. The fourth-order valence-electron chi connectivity index (χ4n) is 1.54. The number of rotatable bonds is 2. The zero-order valence-corrected chi connectivity index (χ0v) is 11.8. The summed E-state index contributed by atoms with van der Waals surface area (Å²) in [6, 6.07) is 4.07. The number of benzene rings is 1. The molecule has 1 aromatic rings. The van der Waals surface area contributed by atoms with Gasteiger partial charge in [-0.15, -0.1) is 12.4 Å². The van der Waals surface area contributed by atoms with Crippen LogP contribution in [0.25, 0.3) is 0 Å². The van der Waals surface area contributed by atoms with Crippen molar-refractivity contribution < 1.29 is 13.9 Å². The van der Waals surface area contributed by atoms with Crippen LogP contribution in [0.5, 0.6) is 0 Å². The number of carbonyl (C=O) groups excluding carboxylic acids is 1. The third-order valence-electron chi connectivity index (χ3n) is 2.43.